The van der Waals surface area contributed by atoms with Crippen LogP contribution in [0.25, 0.3) is 0 Å². The van der Waals surface area contributed by atoms with Gasteiger partial charge in [0, 0.05) is 25.0 Å². The topological polar surface area (TPSA) is 20.3 Å². The monoisotopic (exact) mass is 241 g/mol. The summed E-state index contributed by atoms with van der Waals surface area (Å²) in [4.78, 5) is 12.7. The minimum absolute atomic E-state index is 0.0794. The van der Waals surface area contributed by atoms with Gasteiger partial charge in [0.15, 0.2) is 0 Å². The van der Waals surface area contributed by atoms with Crippen molar-refractivity contribution in [1.29, 1.82) is 0 Å². The van der Waals surface area contributed by atoms with Gasteiger partial charge in [-0.2, -0.15) is 0 Å². The maximum atomic E-state index is 11.0. The van der Waals surface area contributed by atoms with Gasteiger partial charge in [0.05, 0.1) is 0 Å². The lowest BCUT2D eigenvalue weighted by molar-refractivity contribution is -0.128. The Bertz CT molecular complexity index is 312. The van der Waals surface area contributed by atoms with Crippen LogP contribution in [0.15, 0.2) is 28.7 Å². The first kappa shape index (κ1) is 10.3. The number of carbonyl (C=O) groups excluding carboxylic acids is 1. The molecule has 13 heavy (non-hydrogen) atoms. The van der Waals surface area contributed by atoms with Crippen LogP contribution in [-0.2, 0) is 11.3 Å². The zero-order valence-electron chi connectivity index (χ0n) is 7.75. The predicted octanol–water partition coefficient (Wildman–Crippen LogP) is 2.43. The summed E-state index contributed by atoms with van der Waals surface area (Å²) in [6, 6.07) is 7.91. The van der Waals surface area contributed by atoms with Gasteiger partial charge in [-0.25, -0.2) is 0 Å². The van der Waals surface area contributed by atoms with Gasteiger partial charge in [0.2, 0.25) is 5.91 Å². The van der Waals surface area contributed by atoms with Gasteiger partial charge in [-0.3, -0.25) is 4.79 Å². The Morgan fingerprint density at radius 1 is 1.46 bits per heavy atom. The Hall–Kier alpha value is -0.830. The molecule has 0 bridgehead atoms. The Morgan fingerprint density at radius 2 is 2.08 bits per heavy atom. The molecule has 0 fully saturated rings. The number of amides is 1. The first-order chi connectivity index (χ1) is 6.11. The van der Waals surface area contributed by atoms with Gasteiger partial charge in [0.25, 0.3) is 0 Å². The van der Waals surface area contributed by atoms with Crippen LogP contribution in [0.2, 0.25) is 0 Å². The number of benzene rings is 1. The van der Waals surface area contributed by atoms with Gasteiger partial charge in [0.1, 0.15) is 0 Å². The van der Waals surface area contributed by atoms with E-state index in [0.29, 0.717) is 6.54 Å². The molecule has 1 aromatic carbocycles. The van der Waals surface area contributed by atoms with Crippen LogP contribution in [-0.4, -0.2) is 17.9 Å². The van der Waals surface area contributed by atoms with Crippen LogP contribution < -0.4 is 0 Å². The summed E-state index contributed by atoms with van der Waals surface area (Å²) in [5.74, 6) is 0.0794. The number of nitrogens with zero attached hydrogens (tertiary/aromatic N) is 1. The molecule has 1 rings (SSSR count). The highest BCUT2D eigenvalue weighted by atomic mass is 79.9. The van der Waals surface area contributed by atoms with Gasteiger partial charge in [-0.05, 0) is 11.6 Å². The SMILES string of the molecule is CC(=O)N(C)Cc1ccccc1Br. The molecular formula is C10H12BrNO. The molecule has 1 aromatic rings. The molecule has 3 heteroatoms. The fourth-order valence-corrected chi connectivity index (χ4v) is 1.40. The van der Waals surface area contributed by atoms with Crippen LogP contribution >= 0.6 is 15.9 Å². The molecule has 1 amide bonds. The maximum absolute atomic E-state index is 11.0. The zero-order valence-corrected chi connectivity index (χ0v) is 9.34. The Morgan fingerprint density at radius 3 is 2.62 bits per heavy atom. The normalized spacial score (nSPS) is 9.77. The largest absolute Gasteiger partial charge is 0.342 e. The van der Waals surface area contributed by atoms with Crippen molar-refractivity contribution in [2.75, 3.05) is 7.05 Å². The van der Waals surface area contributed by atoms with E-state index in [1.807, 2.05) is 24.3 Å². The number of carbonyl (C=O) groups is 1. The van der Waals surface area contributed by atoms with E-state index in [1.165, 1.54) is 0 Å². The second kappa shape index (κ2) is 4.42. The smallest absolute Gasteiger partial charge is 0.219 e. The molecule has 0 saturated carbocycles. The number of halogens is 1. The van der Waals surface area contributed by atoms with E-state index >= 15 is 0 Å². The van der Waals surface area contributed by atoms with Gasteiger partial charge in [-0.15, -0.1) is 0 Å². The highest BCUT2D eigenvalue weighted by Gasteiger charge is 2.04. The van der Waals surface area contributed by atoms with Crippen molar-refractivity contribution < 1.29 is 4.79 Å². The van der Waals surface area contributed by atoms with Crippen molar-refractivity contribution in [3.8, 4) is 0 Å². The number of hydrogen-bond donors (Lipinski definition) is 0. The maximum Gasteiger partial charge on any atom is 0.219 e. The summed E-state index contributed by atoms with van der Waals surface area (Å²) in [6.07, 6.45) is 0. The Kier molecular flexibility index (Phi) is 3.48. The molecule has 0 saturated heterocycles. The first-order valence-electron chi connectivity index (χ1n) is 4.06. The van der Waals surface area contributed by atoms with Crippen molar-refractivity contribution in [3.05, 3.63) is 34.3 Å². The van der Waals surface area contributed by atoms with E-state index in [9.17, 15) is 4.79 Å². The van der Waals surface area contributed by atoms with E-state index in [0.717, 1.165) is 10.0 Å². The Labute approximate surface area is 86.7 Å². The van der Waals surface area contributed by atoms with Crippen molar-refractivity contribution in [2.45, 2.75) is 13.5 Å². The molecule has 0 spiro atoms. The van der Waals surface area contributed by atoms with Crippen molar-refractivity contribution in [3.63, 3.8) is 0 Å². The highest BCUT2D eigenvalue weighted by Crippen LogP contribution is 2.17. The molecule has 0 heterocycles. The lowest BCUT2D eigenvalue weighted by Crippen LogP contribution is -2.23. The average Bonchev–Trinajstić information content (AvgIpc) is 2.08. The molecule has 0 radical (unpaired) electrons. The summed E-state index contributed by atoms with van der Waals surface area (Å²) in [7, 11) is 1.79. The molecule has 0 unspecified atom stereocenters. The van der Waals surface area contributed by atoms with Gasteiger partial charge < -0.3 is 4.90 Å². The van der Waals surface area contributed by atoms with E-state index in [4.69, 9.17) is 0 Å². The first-order valence-corrected chi connectivity index (χ1v) is 4.85. The second-order valence-corrected chi connectivity index (χ2v) is 3.82. The summed E-state index contributed by atoms with van der Waals surface area (Å²) < 4.78 is 1.04. The van der Waals surface area contributed by atoms with E-state index in [1.54, 1.807) is 18.9 Å². The third-order valence-electron chi connectivity index (χ3n) is 1.90. The quantitative estimate of drug-likeness (QED) is 0.779. The predicted molar refractivity (Wildman–Crippen MR) is 56.3 cm³/mol. The minimum Gasteiger partial charge on any atom is -0.342 e. The molecule has 2 nitrogen and oxygen atoms in total. The van der Waals surface area contributed by atoms with Crippen LogP contribution in [0.3, 0.4) is 0 Å². The second-order valence-electron chi connectivity index (χ2n) is 2.97. The van der Waals surface area contributed by atoms with Crippen LogP contribution in [0, 0.1) is 0 Å². The summed E-state index contributed by atoms with van der Waals surface area (Å²) >= 11 is 3.44. The van der Waals surface area contributed by atoms with Gasteiger partial charge >= 0.3 is 0 Å². The number of hydrogen-bond acceptors (Lipinski definition) is 1. The summed E-state index contributed by atoms with van der Waals surface area (Å²) in [6.45, 7) is 2.22. The Balaban J connectivity index is 2.74. The fraction of sp³-hybridized carbons (Fsp3) is 0.300. The minimum atomic E-state index is 0.0794. The highest BCUT2D eigenvalue weighted by molar-refractivity contribution is 9.10. The molecule has 0 aliphatic carbocycles. The third kappa shape index (κ3) is 2.84. The average molecular weight is 242 g/mol. The lowest BCUT2D eigenvalue weighted by Gasteiger charge is -2.15. The van der Waals surface area contributed by atoms with E-state index < -0.39 is 0 Å². The molecular weight excluding hydrogens is 230 g/mol. The summed E-state index contributed by atoms with van der Waals surface area (Å²) in [5.41, 5.74) is 1.13. The van der Waals surface area contributed by atoms with Crippen molar-refractivity contribution in [2.24, 2.45) is 0 Å². The van der Waals surface area contributed by atoms with Crippen molar-refractivity contribution in [1.82, 2.24) is 4.90 Å². The standard InChI is InChI=1S/C10H12BrNO/c1-8(13)12(2)7-9-5-3-4-6-10(9)11/h3-6H,7H2,1-2H3. The van der Waals surface area contributed by atoms with E-state index in [-0.39, 0.29) is 5.91 Å². The number of rotatable bonds is 2. The van der Waals surface area contributed by atoms with Crippen molar-refractivity contribution >= 4 is 21.8 Å². The van der Waals surface area contributed by atoms with Crippen LogP contribution in [0.1, 0.15) is 12.5 Å². The van der Waals surface area contributed by atoms with E-state index in [2.05, 4.69) is 15.9 Å². The lowest BCUT2D eigenvalue weighted by atomic mass is 10.2. The molecule has 0 N–H and O–H groups in total. The summed E-state index contributed by atoms with van der Waals surface area (Å²) in [5, 5.41) is 0. The van der Waals surface area contributed by atoms with Crippen LogP contribution in [0.4, 0.5) is 0 Å². The molecule has 0 aliphatic rings. The molecule has 0 aromatic heterocycles. The zero-order chi connectivity index (χ0) is 9.84. The van der Waals surface area contributed by atoms with Crippen LogP contribution in [0.5, 0.6) is 0 Å². The fourth-order valence-electron chi connectivity index (χ4n) is 0.993. The molecule has 0 aliphatic heterocycles. The molecule has 0 atom stereocenters. The molecule has 70 valence electrons. The van der Waals surface area contributed by atoms with Gasteiger partial charge in [-0.1, -0.05) is 34.1 Å². The third-order valence-corrected chi connectivity index (χ3v) is 2.68.